The zero-order valence-electron chi connectivity index (χ0n) is 44.1. The largest absolute Gasteiger partial charge is 0.504 e. The molecule has 0 amide bonds. The number of aromatic amines is 2. The van der Waals surface area contributed by atoms with Gasteiger partial charge in [-0.1, -0.05) is 42.2 Å². The zero-order valence-corrected chi connectivity index (χ0v) is 44.1. The van der Waals surface area contributed by atoms with Gasteiger partial charge in [-0.15, -0.1) is 0 Å². The summed E-state index contributed by atoms with van der Waals surface area (Å²) in [5.74, 6) is 6.20. The van der Waals surface area contributed by atoms with E-state index in [4.69, 9.17) is 14.2 Å². The Morgan fingerprint density at radius 1 is 0.935 bits per heavy atom. The molecule has 77 heavy (non-hydrogen) atoms. The van der Waals surface area contributed by atoms with E-state index in [-0.39, 0.29) is 108 Å². The van der Waals surface area contributed by atoms with E-state index in [1.807, 2.05) is 37.4 Å². The molecule has 12 atom stereocenters. The summed E-state index contributed by atoms with van der Waals surface area (Å²) in [6.45, 7) is 1.71. The summed E-state index contributed by atoms with van der Waals surface area (Å²) in [5, 5.41) is 60.1. The molecule has 2 aliphatic heterocycles. The number of phenolic OH excluding ortho intramolecular Hbond substituents is 2. The number of phenols is 2. The van der Waals surface area contributed by atoms with E-state index in [0.29, 0.717) is 37.9 Å². The van der Waals surface area contributed by atoms with E-state index in [9.17, 15) is 30.3 Å². The molecule has 6 aliphatic rings. The van der Waals surface area contributed by atoms with Crippen molar-refractivity contribution in [3.63, 3.8) is 0 Å². The highest BCUT2D eigenvalue weighted by Crippen LogP contribution is 2.68. The second kappa shape index (κ2) is 20.7. The number of allylic oxidation sites excluding steroid dienone is 1. The number of aliphatic hydroxyl groups excluding tert-OH is 3. The third-order valence-electron chi connectivity index (χ3n) is 19.2. The van der Waals surface area contributed by atoms with Gasteiger partial charge in [-0.3, -0.25) is 9.59 Å². The molecular weight excluding hydrogens is 973 g/mol. The lowest BCUT2D eigenvalue weighted by Gasteiger charge is -2.58. The van der Waals surface area contributed by atoms with Gasteiger partial charge in [-0.25, -0.2) is 0 Å². The van der Waals surface area contributed by atoms with Crippen molar-refractivity contribution in [2.45, 2.75) is 145 Å². The predicted molar refractivity (Wildman–Crippen MR) is 293 cm³/mol. The lowest BCUT2D eigenvalue weighted by molar-refractivity contribution is -0.149. The second-order valence-electron chi connectivity index (χ2n) is 23.5. The maximum absolute atomic E-state index is 15.3. The minimum absolute atomic E-state index is 0.00146. The summed E-state index contributed by atoms with van der Waals surface area (Å²) in [5.41, 5.74) is 8.04. The molecule has 3 aromatic heterocycles. The van der Waals surface area contributed by atoms with E-state index in [1.54, 1.807) is 19.2 Å². The molecule has 4 fully saturated rings. The number of aryl methyl sites for hydroxylation is 1. The van der Waals surface area contributed by atoms with Gasteiger partial charge in [0.2, 0.25) is 0 Å². The number of carbonyl (C=O) groups is 2. The first-order chi connectivity index (χ1) is 37.3. The SMILES string of the molecule is COc1cc2c(cc1O)C1=CC3CC4(CCC5(C4)NC(C(C)O)CCC5n4ccc5[nH]ccc54)C4CC(O)CCC4C3C2CC(=O)CC(CCc2ccc(O)c(OCCO)c2)OC(=O)CC#CCc2c1[nH]c1ccccc21. The number of para-hydroxylation sites is 1. The predicted octanol–water partition coefficient (Wildman–Crippen LogP) is 9.31. The average Bonchev–Trinajstić information content (AvgIpc) is 4.39. The van der Waals surface area contributed by atoms with Crippen molar-refractivity contribution >= 4 is 39.3 Å². The fourth-order valence-electron chi connectivity index (χ4n) is 16.0. The summed E-state index contributed by atoms with van der Waals surface area (Å²) in [6, 6.07) is 21.4. The van der Waals surface area contributed by atoms with Crippen molar-refractivity contribution in [2.75, 3.05) is 20.3 Å². The fraction of sp³-hybridized carbons (Fsp3) is 0.492. The van der Waals surface area contributed by atoms with Crippen LogP contribution in [0.15, 0.2) is 85.2 Å². The minimum atomic E-state index is -0.777. The first-order valence-corrected chi connectivity index (χ1v) is 28.1. The van der Waals surface area contributed by atoms with Crippen molar-refractivity contribution in [3.05, 3.63) is 113 Å². The molecule has 12 rings (SSSR count). The number of carbonyl (C=O) groups excluding carboxylic acids is 2. The van der Waals surface area contributed by atoms with Crippen LogP contribution in [0.4, 0.5) is 0 Å². The smallest absolute Gasteiger partial charge is 0.318 e. The van der Waals surface area contributed by atoms with E-state index in [2.05, 4.69) is 68.2 Å². The van der Waals surface area contributed by atoms with Crippen LogP contribution in [-0.4, -0.2) is 102 Å². The highest BCUT2D eigenvalue weighted by atomic mass is 16.5. The van der Waals surface area contributed by atoms with E-state index < -0.39 is 24.3 Å². The minimum Gasteiger partial charge on any atom is -0.504 e. The van der Waals surface area contributed by atoms with Crippen LogP contribution in [0.2, 0.25) is 0 Å². The van der Waals surface area contributed by atoms with Gasteiger partial charge in [0.25, 0.3) is 0 Å². The first-order valence-electron chi connectivity index (χ1n) is 28.1. The Morgan fingerprint density at radius 3 is 2.64 bits per heavy atom. The molecule has 8 N–H and O–H groups in total. The number of nitrogens with zero attached hydrogens (tertiary/aromatic N) is 1. The Balaban J connectivity index is 1.00. The van der Waals surface area contributed by atoms with Crippen molar-refractivity contribution in [3.8, 4) is 34.8 Å². The number of aromatic nitrogens is 3. The number of H-pyrrole nitrogens is 2. The zero-order chi connectivity index (χ0) is 53.2. The highest BCUT2D eigenvalue weighted by Gasteiger charge is 2.63. The Kier molecular flexibility index (Phi) is 13.8. The molecule has 14 nitrogen and oxygen atoms in total. The van der Waals surface area contributed by atoms with E-state index >= 15 is 4.79 Å². The number of methoxy groups -OCH3 is 1. The van der Waals surface area contributed by atoms with Gasteiger partial charge in [0, 0.05) is 59.7 Å². The van der Waals surface area contributed by atoms with E-state index in [1.165, 1.54) is 11.6 Å². The number of rotatable bonds is 9. The Bertz CT molecular complexity index is 3300. The Labute approximate surface area is 449 Å². The lowest BCUT2D eigenvalue weighted by atomic mass is 9.47. The molecule has 1 saturated heterocycles. The number of fused-ring (bicyclic) bond motifs is 10. The van der Waals surface area contributed by atoms with Crippen molar-refractivity contribution in [2.24, 2.45) is 29.1 Å². The summed E-state index contributed by atoms with van der Waals surface area (Å²) >= 11 is 0. The summed E-state index contributed by atoms with van der Waals surface area (Å²) in [4.78, 5) is 36.4. The van der Waals surface area contributed by atoms with Crippen LogP contribution >= 0.6 is 0 Å². The number of hydrogen-bond acceptors (Lipinski definition) is 11. The van der Waals surface area contributed by atoms with Gasteiger partial charge in [0.1, 0.15) is 24.9 Å². The molecule has 14 heteroatoms. The number of aromatic hydroxyl groups is 2. The average molecular weight is 1050 g/mol. The number of ketones is 1. The van der Waals surface area contributed by atoms with Crippen LogP contribution in [0.5, 0.6) is 23.0 Å². The Hall–Kier alpha value is -6.50. The molecule has 4 aliphatic carbocycles. The van der Waals surface area contributed by atoms with Crippen LogP contribution in [0, 0.1) is 40.9 Å². The van der Waals surface area contributed by atoms with Gasteiger partial charge in [0.05, 0.1) is 48.7 Å². The molecule has 5 heterocycles. The molecule has 6 aromatic rings. The number of hydrogen-bond donors (Lipinski definition) is 8. The molecular formula is C63H72N4O10. The Morgan fingerprint density at radius 2 is 1.79 bits per heavy atom. The van der Waals surface area contributed by atoms with Crippen molar-refractivity contribution in [1.29, 1.82) is 0 Å². The molecule has 2 bridgehead atoms. The number of aliphatic hydroxyl groups is 3. The van der Waals surface area contributed by atoms with E-state index in [0.717, 1.165) is 94.9 Å². The number of benzene rings is 3. The summed E-state index contributed by atoms with van der Waals surface area (Å²) < 4.78 is 20.2. The number of cyclic esters (lactones) is 1. The molecule has 3 aromatic carbocycles. The van der Waals surface area contributed by atoms with Crippen LogP contribution in [0.3, 0.4) is 0 Å². The van der Waals surface area contributed by atoms with Crippen LogP contribution in [-0.2, 0) is 27.2 Å². The number of Topliss-reactive ketones (excluding diaryl/α,β-unsaturated/α-hetero) is 1. The number of ether oxygens (including phenoxy) is 3. The molecule has 12 unspecified atom stereocenters. The van der Waals surface area contributed by atoms with Crippen molar-refractivity contribution in [1.82, 2.24) is 19.9 Å². The summed E-state index contributed by atoms with van der Waals surface area (Å²) in [7, 11) is 1.56. The third-order valence-corrected chi connectivity index (χ3v) is 19.2. The molecule has 404 valence electrons. The molecule has 2 spiro atoms. The van der Waals surface area contributed by atoms with Crippen molar-refractivity contribution < 1.29 is 49.3 Å². The first kappa shape index (κ1) is 51.3. The van der Waals surface area contributed by atoms with Crippen LogP contribution < -0.4 is 14.8 Å². The highest BCUT2D eigenvalue weighted by molar-refractivity contribution is 5.94. The number of nitrogens with one attached hydrogen (secondary N) is 3. The number of esters is 1. The monoisotopic (exact) mass is 1040 g/mol. The number of piperidine rings is 1. The van der Waals surface area contributed by atoms with Gasteiger partial charge in [0.15, 0.2) is 23.0 Å². The second-order valence-corrected chi connectivity index (χ2v) is 23.5. The lowest BCUT2D eigenvalue weighted by Crippen LogP contribution is -2.61. The summed E-state index contributed by atoms with van der Waals surface area (Å²) in [6.07, 6.45) is 13.4. The van der Waals surface area contributed by atoms with Gasteiger partial charge in [-0.2, -0.15) is 0 Å². The maximum atomic E-state index is 15.3. The third kappa shape index (κ3) is 9.40. The standard InChI is InChI=1S/C63H72N4O10/c1-36(69)50-16-18-58(67-24-20-52-53(67)19-23-64-52)63(66-50)22-21-62(35-63)34-38-28-48-45-32-55(73)56(75-2)33-46(45)47(60(38)44-15-13-39(70)31-49(44)62)30-40(71)29-41(14-11-37-12-17-54(72)57(27-37)76-26-25-68)77-59(74)10-6-4-8-43-42-7-3-5-9-51(42)65-61(43)48/h3,5,7,9,12,17,19-20,23-24,27-28,32-33,36,38-39,41,44,47,49-50,58,60,64-66,68-70,72-73H,8,10-11,13-16,18,21-22,25-26,29-31,34-35H2,1-2H3. The fourth-order valence-corrected chi connectivity index (χ4v) is 16.0. The quantitative estimate of drug-likeness (QED) is 0.0505. The molecule has 3 saturated carbocycles. The van der Waals surface area contributed by atoms with Gasteiger partial charge in [-0.05, 0) is 177 Å². The molecule has 0 radical (unpaired) electrons. The topological polar surface area (TPSA) is 212 Å². The van der Waals surface area contributed by atoms with Crippen LogP contribution in [0.25, 0.3) is 27.5 Å². The maximum Gasteiger partial charge on any atom is 0.318 e. The van der Waals surface area contributed by atoms with Gasteiger partial charge >= 0.3 is 5.97 Å². The van der Waals surface area contributed by atoms with Gasteiger partial charge < -0.3 is 59.6 Å². The normalized spacial score (nSPS) is 30.7. The van der Waals surface area contributed by atoms with Crippen LogP contribution in [0.1, 0.15) is 130 Å².